The molecule has 140 valence electrons. The molecule has 0 fully saturated rings. The Balaban J connectivity index is 1.35. The molecule has 0 atom stereocenters. The van der Waals surface area contributed by atoms with Crippen LogP contribution < -0.4 is 5.32 Å². The van der Waals surface area contributed by atoms with Gasteiger partial charge in [0.1, 0.15) is 5.58 Å². The molecule has 0 bridgehead atoms. The summed E-state index contributed by atoms with van der Waals surface area (Å²) in [5, 5.41) is 10.9. The number of aromatic nitrogens is 3. The molecule has 0 saturated heterocycles. The first-order valence-electron chi connectivity index (χ1n) is 9.13. The Morgan fingerprint density at radius 1 is 0.931 bits per heavy atom. The molecule has 0 saturated carbocycles. The average molecular weight is 380 g/mol. The van der Waals surface area contributed by atoms with E-state index in [-0.39, 0.29) is 5.91 Å². The highest BCUT2D eigenvalue weighted by Crippen LogP contribution is 2.27. The maximum absolute atomic E-state index is 12.6. The second-order valence-corrected chi connectivity index (χ2v) is 6.56. The first-order chi connectivity index (χ1) is 14.3. The number of anilines is 1. The van der Waals surface area contributed by atoms with Gasteiger partial charge in [0.2, 0.25) is 0 Å². The number of pyridine rings is 1. The summed E-state index contributed by atoms with van der Waals surface area (Å²) in [6, 6.07) is 22.6. The molecule has 0 radical (unpaired) electrons. The molecule has 0 aliphatic rings. The number of carbonyl (C=O) groups excluding carboxylic acids is 1. The largest absolute Gasteiger partial charge is 0.464 e. The summed E-state index contributed by atoms with van der Waals surface area (Å²) in [7, 11) is 0. The minimum atomic E-state index is -0.225. The van der Waals surface area contributed by atoms with Crippen LogP contribution in [0, 0.1) is 0 Å². The molecule has 0 aliphatic heterocycles. The maximum atomic E-state index is 12.6. The number of rotatable bonds is 4. The fraction of sp³-hybridized carbons (Fsp3) is 0. The number of fused-ring (bicyclic) bond motifs is 1. The molecule has 2 aromatic carbocycles. The molecule has 0 spiro atoms. The molecule has 1 amide bonds. The summed E-state index contributed by atoms with van der Waals surface area (Å²) in [4.78, 5) is 17.0. The summed E-state index contributed by atoms with van der Waals surface area (Å²) in [5.74, 6) is 0.250. The fourth-order valence-electron chi connectivity index (χ4n) is 3.24. The number of nitrogens with one attached hydrogen (secondary N) is 2. The monoisotopic (exact) mass is 380 g/mol. The van der Waals surface area contributed by atoms with Crippen molar-refractivity contribution in [3.8, 4) is 22.5 Å². The van der Waals surface area contributed by atoms with Gasteiger partial charge < -0.3 is 9.73 Å². The number of H-pyrrole nitrogens is 1. The van der Waals surface area contributed by atoms with Crippen molar-refractivity contribution in [2.24, 2.45) is 0 Å². The van der Waals surface area contributed by atoms with E-state index in [9.17, 15) is 4.79 Å². The zero-order valence-electron chi connectivity index (χ0n) is 15.3. The van der Waals surface area contributed by atoms with Crippen LogP contribution in [0.1, 0.15) is 10.4 Å². The Hall–Kier alpha value is -4.19. The van der Waals surface area contributed by atoms with Crippen LogP contribution in [-0.4, -0.2) is 21.1 Å². The van der Waals surface area contributed by atoms with Crippen LogP contribution in [0.2, 0.25) is 0 Å². The van der Waals surface area contributed by atoms with Crippen molar-refractivity contribution in [1.29, 1.82) is 0 Å². The molecular formula is C23H16N4O2. The smallest absolute Gasteiger partial charge is 0.256 e. The number of carbonyl (C=O) groups is 1. The van der Waals surface area contributed by atoms with Gasteiger partial charge in [0.15, 0.2) is 5.82 Å². The zero-order chi connectivity index (χ0) is 19.6. The van der Waals surface area contributed by atoms with E-state index in [1.165, 1.54) is 0 Å². The summed E-state index contributed by atoms with van der Waals surface area (Å²) >= 11 is 0. The van der Waals surface area contributed by atoms with Gasteiger partial charge in [0.05, 0.1) is 17.7 Å². The van der Waals surface area contributed by atoms with Gasteiger partial charge in [0.25, 0.3) is 5.91 Å². The standard InChI is InChI=1S/C23H16N4O2/c28-23(25-21-14-19(26-27-21)15-4-2-1-3-5-15)17-8-6-16(7-9-17)22-18-11-13-29-20(18)10-12-24-22/h1-14H,(H2,25,26,27,28). The minimum absolute atomic E-state index is 0.225. The van der Waals surface area contributed by atoms with Crippen LogP contribution in [0.3, 0.4) is 0 Å². The van der Waals surface area contributed by atoms with Crippen molar-refractivity contribution >= 4 is 22.7 Å². The number of nitrogens with zero attached hydrogens (tertiary/aromatic N) is 2. The maximum Gasteiger partial charge on any atom is 0.256 e. The third-order valence-corrected chi connectivity index (χ3v) is 4.70. The molecule has 3 heterocycles. The lowest BCUT2D eigenvalue weighted by Gasteiger charge is -2.05. The predicted molar refractivity (Wildman–Crippen MR) is 111 cm³/mol. The number of furan rings is 1. The first kappa shape index (κ1) is 16.9. The van der Waals surface area contributed by atoms with E-state index in [0.717, 1.165) is 33.5 Å². The van der Waals surface area contributed by atoms with Crippen molar-refractivity contribution in [1.82, 2.24) is 15.2 Å². The first-order valence-corrected chi connectivity index (χ1v) is 9.13. The van der Waals surface area contributed by atoms with E-state index >= 15 is 0 Å². The molecule has 29 heavy (non-hydrogen) atoms. The van der Waals surface area contributed by atoms with Gasteiger partial charge in [-0.1, -0.05) is 42.5 Å². The van der Waals surface area contributed by atoms with E-state index < -0.39 is 0 Å². The average Bonchev–Trinajstić information content (AvgIpc) is 3.44. The highest BCUT2D eigenvalue weighted by molar-refractivity contribution is 6.04. The van der Waals surface area contributed by atoms with E-state index in [2.05, 4.69) is 20.5 Å². The van der Waals surface area contributed by atoms with Crippen molar-refractivity contribution in [3.63, 3.8) is 0 Å². The van der Waals surface area contributed by atoms with Gasteiger partial charge in [-0.2, -0.15) is 5.10 Å². The Kier molecular flexibility index (Phi) is 4.14. The Labute approximate surface area is 166 Å². The predicted octanol–water partition coefficient (Wildman–Crippen LogP) is 5.14. The van der Waals surface area contributed by atoms with Crippen molar-refractivity contribution in [3.05, 3.63) is 90.8 Å². The van der Waals surface area contributed by atoms with Crippen LogP contribution in [0.5, 0.6) is 0 Å². The zero-order valence-corrected chi connectivity index (χ0v) is 15.3. The Morgan fingerprint density at radius 3 is 2.59 bits per heavy atom. The minimum Gasteiger partial charge on any atom is -0.464 e. The van der Waals surface area contributed by atoms with Crippen LogP contribution in [0.15, 0.2) is 89.7 Å². The van der Waals surface area contributed by atoms with Gasteiger partial charge in [-0.15, -0.1) is 0 Å². The van der Waals surface area contributed by atoms with Crippen molar-refractivity contribution < 1.29 is 9.21 Å². The lowest BCUT2D eigenvalue weighted by molar-refractivity contribution is 0.102. The number of amides is 1. The molecule has 3 aromatic heterocycles. The number of hydrogen-bond donors (Lipinski definition) is 2. The van der Waals surface area contributed by atoms with Gasteiger partial charge >= 0.3 is 0 Å². The summed E-state index contributed by atoms with van der Waals surface area (Å²) in [5.41, 5.74) is 4.91. The van der Waals surface area contributed by atoms with Gasteiger partial charge in [0, 0.05) is 28.8 Å². The summed E-state index contributed by atoms with van der Waals surface area (Å²) < 4.78 is 5.43. The number of hydrogen-bond acceptors (Lipinski definition) is 4. The molecule has 0 unspecified atom stereocenters. The fourth-order valence-corrected chi connectivity index (χ4v) is 3.24. The SMILES string of the molecule is O=C(Nc1cc(-c2ccccc2)[nH]n1)c1ccc(-c2nccc3occc23)cc1. The molecule has 5 rings (SSSR count). The Bertz CT molecular complexity index is 1290. The highest BCUT2D eigenvalue weighted by Gasteiger charge is 2.11. The van der Waals surface area contributed by atoms with E-state index in [1.54, 1.807) is 24.6 Å². The van der Waals surface area contributed by atoms with E-state index in [4.69, 9.17) is 4.42 Å². The molecule has 0 aliphatic carbocycles. The van der Waals surface area contributed by atoms with Crippen molar-refractivity contribution in [2.45, 2.75) is 0 Å². The van der Waals surface area contributed by atoms with Crippen molar-refractivity contribution in [2.75, 3.05) is 5.32 Å². The van der Waals surface area contributed by atoms with Crippen LogP contribution >= 0.6 is 0 Å². The van der Waals surface area contributed by atoms with E-state index in [1.807, 2.05) is 60.7 Å². The third-order valence-electron chi connectivity index (χ3n) is 4.70. The lowest BCUT2D eigenvalue weighted by atomic mass is 10.1. The van der Waals surface area contributed by atoms with Crippen LogP contribution in [0.4, 0.5) is 5.82 Å². The Morgan fingerprint density at radius 2 is 1.76 bits per heavy atom. The number of aromatic amines is 1. The van der Waals surface area contributed by atoms with E-state index in [0.29, 0.717) is 11.4 Å². The molecule has 2 N–H and O–H groups in total. The molecular weight excluding hydrogens is 364 g/mol. The van der Waals surface area contributed by atoms with Crippen LogP contribution in [0.25, 0.3) is 33.5 Å². The number of benzene rings is 2. The molecule has 5 aromatic rings. The van der Waals surface area contributed by atoms with Crippen LogP contribution in [-0.2, 0) is 0 Å². The molecule has 6 nitrogen and oxygen atoms in total. The quantitative estimate of drug-likeness (QED) is 0.452. The highest BCUT2D eigenvalue weighted by atomic mass is 16.3. The second kappa shape index (κ2) is 7.09. The molecule has 6 heteroatoms. The van der Waals surface area contributed by atoms with Gasteiger partial charge in [-0.25, -0.2) is 0 Å². The lowest BCUT2D eigenvalue weighted by Crippen LogP contribution is -2.12. The van der Waals surface area contributed by atoms with Gasteiger partial charge in [-0.05, 0) is 29.8 Å². The van der Waals surface area contributed by atoms with Gasteiger partial charge in [-0.3, -0.25) is 14.9 Å². The topological polar surface area (TPSA) is 83.8 Å². The normalized spacial score (nSPS) is 10.9. The summed E-state index contributed by atoms with van der Waals surface area (Å²) in [6.07, 6.45) is 3.36. The summed E-state index contributed by atoms with van der Waals surface area (Å²) in [6.45, 7) is 0. The third kappa shape index (κ3) is 3.27. The second-order valence-electron chi connectivity index (χ2n) is 6.56.